The molecular formula is C14H11BrN4O. The van der Waals surface area contributed by atoms with Crippen molar-refractivity contribution in [3.8, 4) is 6.07 Å². The molecule has 0 heterocycles. The van der Waals surface area contributed by atoms with E-state index in [9.17, 15) is 4.79 Å². The van der Waals surface area contributed by atoms with Gasteiger partial charge in [0.05, 0.1) is 28.7 Å². The van der Waals surface area contributed by atoms with Crippen LogP contribution in [0.15, 0.2) is 40.9 Å². The molecule has 6 heteroatoms. The Morgan fingerprint density at radius 3 is 2.45 bits per heavy atom. The highest BCUT2D eigenvalue weighted by Gasteiger charge is 2.07. The van der Waals surface area contributed by atoms with E-state index in [2.05, 4.69) is 27.3 Å². The zero-order valence-electron chi connectivity index (χ0n) is 10.4. The molecule has 5 nitrogen and oxygen atoms in total. The summed E-state index contributed by atoms with van der Waals surface area (Å²) in [5, 5.41) is 11.9. The molecule has 0 atom stereocenters. The number of nitrogens with one attached hydrogen (secondary N) is 1. The molecule has 0 radical (unpaired) electrons. The Labute approximate surface area is 124 Å². The van der Waals surface area contributed by atoms with Crippen LogP contribution in [0.3, 0.4) is 0 Å². The van der Waals surface area contributed by atoms with Crippen LogP contribution in [0.4, 0.5) is 17.1 Å². The summed E-state index contributed by atoms with van der Waals surface area (Å²) in [5.74, 6) is -0.525. The fourth-order valence-electron chi connectivity index (χ4n) is 1.66. The third-order valence-electron chi connectivity index (χ3n) is 2.70. The second-order valence-corrected chi connectivity index (χ2v) is 4.95. The van der Waals surface area contributed by atoms with E-state index in [-0.39, 0.29) is 0 Å². The third-order valence-corrected chi connectivity index (χ3v) is 3.36. The summed E-state index contributed by atoms with van der Waals surface area (Å²) >= 11 is 3.38. The van der Waals surface area contributed by atoms with E-state index in [1.165, 1.54) is 6.07 Å². The normalized spacial score (nSPS) is 9.80. The summed E-state index contributed by atoms with van der Waals surface area (Å²) < 4.78 is 0.745. The Morgan fingerprint density at radius 1 is 1.20 bits per heavy atom. The average molecular weight is 331 g/mol. The predicted octanol–water partition coefficient (Wildman–Crippen LogP) is 2.75. The molecule has 0 aromatic heterocycles. The van der Waals surface area contributed by atoms with Gasteiger partial charge in [-0.25, -0.2) is 0 Å². The van der Waals surface area contributed by atoms with E-state index in [1.807, 2.05) is 0 Å². The van der Waals surface area contributed by atoms with Crippen molar-refractivity contribution in [3.05, 3.63) is 52.0 Å². The maximum absolute atomic E-state index is 11.1. The van der Waals surface area contributed by atoms with Gasteiger partial charge in [0, 0.05) is 10.0 Å². The van der Waals surface area contributed by atoms with Crippen LogP contribution in [-0.4, -0.2) is 5.91 Å². The molecule has 0 bridgehead atoms. The van der Waals surface area contributed by atoms with Gasteiger partial charge < -0.3 is 16.8 Å². The van der Waals surface area contributed by atoms with Crippen LogP contribution in [-0.2, 0) is 0 Å². The third kappa shape index (κ3) is 2.90. The summed E-state index contributed by atoms with van der Waals surface area (Å²) in [7, 11) is 0. The Hall–Kier alpha value is -2.52. The van der Waals surface area contributed by atoms with Crippen molar-refractivity contribution >= 4 is 38.9 Å². The number of carbonyl (C=O) groups excluding carboxylic acids is 1. The lowest BCUT2D eigenvalue weighted by molar-refractivity contribution is 0.100. The number of hydrogen-bond donors (Lipinski definition) is 3. The maximum atomic E-state index is 11.1. The molecule has 2 aromatic carbocycles. The second-order valence-electron chi connectivity index (χ2n) is 4.10. The standard InChI is InChI=1S/C14H11BrN4O/c15-10-5-8(7-16)1-3-12(10)19-13-4-2-9(14(18)20)6-11(13)17/h1-6,19H,17H2,(H2,18,20). The Morgan fingerprint density at radius 2 is 1.90 bits per heavy atom. The lowest BCUT2D eigenvalue weighted by Gasteiger charge is -2.11. The van der Waals surface area contributed by atoms with Gasteiger partial charge in [-0.05, 0) is 52.3 Å². The number of hydrogen-bond acceptors (Lipinski definition) is 4. The quantitative estimate of drug-likeness (QED) is 0.752. The monoisotopic (exact) mass is 330 g/mol. The summed E-state index contributed by atoms with van der Waals surface area (Å²) in [4.78, 5) is 11.1. The number of benzene rings is 2. The molecule has 0 aliphatic rings. The predicted molar refractivity (Wildman–Crippen MR) is 81.5 cm³/mol. The second kappa shape index (κ2) is 5.63. The summed E-state index contributed by atoms with van der Waals surface area (Å²) in [5.41, 5.74) is 13.8. The van der Waals surface area contributed by atoms with Crippen LogP contribution < -0.4 is 16.8 Å². The highest BCUT2D eigenvalue weighted by molar-refractivity contribution is 9.10. The molecule has 100 valence electrons. The van der Waals surface area contributed by atoms with Gasteiger partial charge in [-0.2, -0.15) is 5.26 Å². The summed E-state index contributed by atoms with van der Waals surface area (Å²) in [6.07, 6.45) is 0. The van der Waals surface area contributed by atoms with Crippen LogP contribution in [0.25, 0.3) is 0 Å². The zero-order chi connectivity index (χ0) is 14.7. The number of anilines is 3. The van der Waals surface area contributed by atoms with Gasteiger partial charge in [0.1, 0.15) is 0 Å². The molecule has 0 unspecified atom stereocenters. The van der Waals surface area contributed by atoms with Gasteiger partial charge in [0.25, 0.3) is 0 Å². The van der Waals surface area contributed by atoms with Crippen molar-refractivity contribution in [2.45, 2.75) is 0 Å². The minimum atomic E-state index is -0.525. The van der Waals surface area contributed by atoms with Gasteiger partial charge >= 0.3 is 0 Å². The molecule has 2 rings (SSSR count). The first-order valence-electron chi connectivity index (χ1n) is 5.67. The van der Waals surface area contributed by atoms with Crippen LogP contribution >= 0.6 is 15.9 Å². The van der Waals surface area contributed by atoms with E-state index >= 15 is 0 Å². The highest BCUT2D eigenvalue weighted by Crippen LogP contribution is 2.29. The molecule has 0 saturated heterocycles. The van der Waals surface area contributed by atoms with Crippen LogP contribution in [0.5, 0.6) is 0 Å². The van der Waals surface area contributed by atoms with E-state index in [4.69, 9.17) is 16.7 Å². The van der Waals surface area contributed by atoms with Crippen LogP contribution in [0.1, 0.15) is 15.9 Å². The van der Waals surface area contributed by atoms with Gasteiger partial charge in [0.15, 0.2) is 0 Å². The molecule has 0 saturated carbocycles. The van der Waals surface area contributed by atoms with Gasteiger partial charge in [-0.1, -0.05) is 0 Å². The Balaban J connectivity index is 2.31. The number of rotatable bonds is 3. The number of primary amides is 1. The Bertz CT molecular complexity index is 722. The summed E-state index contributed by atoms with van der Waals surface area (Å²) in [6, 6.07) is 12.0. The number of amides is 1. The fourth-order valence-corrected chi connectivity index (χ4v) is 2.14. The number of nitrogens with two attached hydrogens (primary N) is 2. The lowest BCUT2D eigenvalue weighted by Crippen LogP contribution is -2.11. The minimum absolute atomic E-state index is 0.354. The van der Waals surface area contributed by atoms with Crippen LogP contribution in [0.2, 0.25) is 0 Å². The SMILES string of the molecule is N#Cc1ccc(Nc2ccc(C(N)=O)cc2N)c(Br)c1. The van der Waals surface area contributed by atoms with Gasteiger partial charge in [-0.3, -0.25) is 4.79 Å². The van der Waals surface area contributed by atoms with Crippen molar-refractivity contribution in [1.29, 1.82) is 5.26 Å². The van der Waals surface area contributed by atoms with Crippen molar-refractivity contribution in [1.82, 2.24) is 0 Å². The van der Waals surface area contributed by atoms with E-state index in [0.29, 0.717) is 22.5 Å². The van der Waals surface area contributed by atoms with Gasteiger partial charge in [-0.15, -0.1) is 0 Å². The number of nitriles is 1. The molecule has 5 N–H and O–H groups in total. The number of nitrogens with zero attached hydrogens (tertiary/aromatic N) is 1. The molecule has 0 fully saturated rings. The van der Waals surface area contributed by atoms with E-state index < -0.39 is 5.91 Å². The number of halogens is 1. The van der Waals surface area contributed by atoms with Gasteiger partial charge in [0.2, 0.25) is 5.91 Å². The zero-order valence-corrected chi connectivity index (χ0v) is 11.9. The van der Waals surface area contributed by atoms with Crippen molar-refractivity contribution in [2.24, 2.45) is 5.73 Å². The first-order valence-corrected chi connectivity index (χ1v) is 6.46. The minimum Gasteiger partial charge on any atom is -0.397 e. The van der Waals surface area contributed by atoms with Crippen molar-refractivity contribution < 1.29 is 4.79 Å². The molecule has 20 heavy (non-hydrogen) atoms. The first-order chi connectivity index (χ1) is 9.51. The number of carbonyl (C=O) groups is 1. The summed E-state index contributed by atoms with van der Waals surface area (Å²) in [6.45, 7) is 0. The number of nitrogen functional groups attached to an aromatic ring is 1. The fraction of sp³-hybridized carbons (Fsp3) is 0. The highest BCUT2D eigenvalue weighted by atomic mass is 79.9. The average Bonchev–Trinajstić information content (AvgIpc) is 2.42. The Kier molecular flexibility index (Phi) is 3.91. The first kappa shape index (κ1) is 13.9. The van der Waals surface area contributed by atoms with E-state index in [1.54, 1.807) is 30.3 Å². The maximum Gasteiger partial charge on any atom is 0.248 e. The molecular weight excluding hydrogens is 320 g/mol. The topological polar surface area (TPSA) is 105 Å². The molecule has 2 aromatic rings. The molecule has 0 aliphatic heterocycles. The molecule has 1 amide bonds. The van der Waals surface area contributed by atoms with Crippen molar-refractivity contribution in [3.63, 3.8) is 0 Å². The largest absolute Gasteiger partial charge is 0.397 e. The van der Waals surface area contributed by atoms with Crippen molar-refractivity contribution in [2.75, 3.05) is 11.1 Å². The lowest BCUT2D eigenvalue weighted by atomic mass is 10.1. The van der Waals surface area contributed by atoms with Crippen LogP contribution in [0, 0.1) is 11.3 Å². The molecule has 0 aliphatic carbocycles. The van der Waals surface area contributed by atoms with E-state index in [0.717, 1.165) is 10.2 Å². The molecule has 0 spiro atoms. The smallest absolute Gasteiger partial charge is 0.248 e.